The highest BCUT2D eigenvalue weighted by atomic mass is 32.2. The number of aromatic nitrogens is 4. The van der Waals surface area contributed by atoms with Crippen molar-refractivity contribution >= 4 is 28.8 Å². The fraction of sp³-hybridized carbons (Fsp3) is 0.600. The van der Waals surface area contributed by atoms with Crippen molar-refractivity contribution in [3.63, 3.8) is 0 Å². The number of aryl methyl sites for hydroxylation is 2. The zero-order chi connectivity index (χ0) is 18.1. The number of hydrogen-bond acceptors (Lipinski definition) is 6. The van der Waals surface area contributed by atoms with E-state index in [1.807, 2.05) is 0 Å². The van der Waals surface area contributed by atoms with Gasteiger partial charge in [0.15, 0.2) is 16.3 Å². The normalized spacial score (nSPS) is 17.3. The van der Waals surface area contributed by atoms with Crippen LogP contribution in [0.3, 0.4) is 0 Å². The van der Waals surface area contributed by atoms with Crippen LogP contribution >= 0.6 is 11.8 Å². The van der Waals surface area contributed by atoms with Gasteiger partial charge in [0.05, 0.1) is 11.9 Å². The first-order valence-corrected chi connectivity index (χ1v) is 9.02. The average Bonchev–Trinajstić information content (AvgIpc) is 3.22. The summed E-state index contributed by atoms with van der Waals surface area (Å²) in [6.07, 6.45) is 2.10. The highest BCUT2D eigenvalue weighted by Gasteiger charge is 2.19. The van der Waals surface area contributed by atoms with Crippen LogP contribution in [-0.4, -0.2) is 49.6 Å². The van der Waals surface area contributed by atoms with Gasteiger partial charge < -0.3 is 14.6 Å². The molecule has 1 aliphatic heterocycles. The monoisotopic (exact) mass is 367 g/mol. The van der Waals surface area contributed by atoms with E-state index < -0.39 is 11.2 Å². The minimum absolute atomic E-state index is 0.0993. The first kappa shape index (κ1) is 17.7. The molecule has 1 saturated heterocycles. The molecule has 1 amide bonds. The lowest BCUT2D eigenvalue weighted by Gasteiger charge is -2.10. The van der Waals surface area contributed by atoms with Gasteiger partial charge in [-0.2, -0.15) is 0 Å². The van der Waals surface area contributed by atoms with E-state index in [-0.39, 0.29) is 23.3 Å². The minimum atomic E-state index is -0.441. The van der Waals surface area contributed by atoms with E-state index in [2.05, 4.69) is 10.3 Å². The van der Waals surface area contributed by atoms with Gasteiger partial charge in [0.25, 0.3) is 5.56 Å². The predicted molar refractivity (Wildman–Crippen MR) is 93.9 cm³/mol. The summed E-state index contributed by atoms with van der Waals surface area (Å²) in [5.74, 6) is 0.0624. The number of imidazole rings is 1. The van der Waals surface area contributed by atoms with E-state index in [4.69, 9.17) is 4.74 Å². The topological polar surface area (TPSA) is 100 Å². The van der Waals surface area contributed by atoms with Crippen molar-refractivity contribution < 1.29 is 9.53 Å². The minimum Gasteiger partial charge on any atom is -0.376 e. The molecule has 2 aromatic rings. The number of hydrogen-bond donors (Lipinski definition) is 1. The van der Waals surface area contributed by atoms with Gasteiger partial charge >= 0.3 is 5.69 Å². The van der Waals surface area contributed by atoms with Gasteiger partial charge in [-0.1, -0.05) is 11.8 Å². The fourth-order valence-electron chi connectivity index (χ4n) is 2.90. The van der Waals surface area contributed by atoms with Crippen molar-refractivity contribution in [3.05, 3.63) is 20.8 Å². The zero-order valence-corrected chi connectivity index (χ0v) is 15.3. The summed E-state index contributed by atoms with van der Waals surface area (Å²) >= 11 is 1.23. The molecule has 25 heavy (non-hydrogen) atoms. The number of nitrogens with zero attached hydrogens (tertiary/aromatic N) is 4. The molecule has 1 fully saturated rings. The maximum atomic E-state index is 12.2. The number of ether oxygens (including phenoxy) is 1. The Morgan fingerprint density at radius 3 is 2.72 bits per heavy atom. The van der Waals surface area contributed by atoms with Crippen LogP contribution in [-0.2, 0) is 30.7 Å². The Balaban J connectivity index is 1.73. The molecule has 1 atom stereocenters. The summed E-state index contributed by atoms with van der Waals surface area (Å²) < 4.78 is 9.54. The zero-order valence-electron chi connectivity index (χ0n) is 14.4. The first-order chi connectivity index (χ1) is 11.9. The van der Waals surface area contributed by atoms with Crippen molar-refractivity contribution in [2.24, 2.45) is 21.1 Å². The number of carbonyl (C=O) groups is 1. The summed E-state index contributed by atoms with van der Waals surface area (Å²) in [6.45, 7) is 1.26. The largest absolute Gasteiger partial charge is 0.376 e. The van der Waals surface area contributed by atoms with Gasteiger partial charge in [-0.15, -0.1) is 0 Å². The van der Waals surface area contributed by atoms with Crippen molar-refractivity contribution in [2.75, 3.05) is 18.9 Å². The molecule has 0 radical (unpaired) electrons. The lowest BCUT2D eigenvalue weighted by atomic mass is 10.2. The molecule has 0 aromatic carbocycles. The van der Waals surface area contributed by atoms with Crippen LogP contribution in [0.4, 0.5) is 0 Å². The lowest BCUT2D eigenvalue weighted by molar-refractivity contribution is -0.119. The molecule has 0 bridgehead atoms. The second-order valence-corrected chi connectivity index (χ2v) is 7.00. The van der Waals surface area contributed by atoms with Gasteiger partial charge in [0.2, 0.25) is 5.91 Å². The fourth-order valence-corrected chi connectivity index (χ4v) is 3.70. The number of rotatable bonds is 5. The van der Waals surface area contributed by atoms with Crippen LogP contribution in [0.15, 0.2) is 14.7 Å². The van der Waals surface area contributed by atoms with E-state index in [1.165, 1.54) is 23.4 Å². The standard InChI is InChI=1S/C15H21N5O4S/c1-18-12-11(13(22)20(3)15(23)19(12)2)17-14(18)25-8-10(21)16-7-9-5-4-6-24-9/h9H,4-8H2,1-3H3,(H,16,21). The van der Waals surface area contributed by atoms with E-state index in [9.17, 15) is 14.4 Å². The number of thioether (sulfide) groups is 1. The van der Waals surface area contributed by atoms with Gasteiger partial charge in [-0.25, -0.2) is 9.78 Å². The second kappa shape index (κ2) is 7.04. The third-order valence-corrected chi connectivity index (χ3v) is 5.34. The molecule has 0 spiro atoms. The Morgan fingerprint density at radius 2 is 2.04 bits per heavy atom. The number of amides is 1. The Hall–Kier alpha value is -2.07. The molecule has 9 nitrogen and oxygen atoms in total. The Kier molecular flexibility index (Phi) is 5.00. The molecule has 0 saturated carbocycles. The Labute approximate surface area is 148 Å². The molecular weight excluding hydrogens is 346 g/mol. The van der Waals surface area contributed by atoms with Crippen LogP contribution in [0.2, 0.25) is 0 Å². The molecule has 136 valence electrons. The van der Waals surface area contributed by atoms with Crippen LogP contribution in [0.1, 0.15) is 12.8 Å². The van der Waals surface area contributed by atoms with Gasteiger partial charge in [0.1, 0.15) is 0 Å². The van der Waals surface area contributed by atoms with Crippen molar-refractivity contribution in [3.8, 4) is 0 Å². The van der Waals surface area contributed by atoms with Crippen LogP contribution in [0.5, 0.6) is 0 Å². The molecule has 1 unspecified atom stereocenters. The summed E-state index contributed by atoms with van der Waals surface area (Å²) in [5, 5.41) is 3.36. The highest BCUT2D eigenvalue weighted by Crippen LogP contribution is 2.20. The van der Waals surface area contributed by atoms with E-state index in [0.717, 1.165) is 24.0 Å². The lowest BCUT2D eigenvalue weighted by Crippen LogP contribution is -2.37. The van der Waals surface area contributed by atoms with Crippen LogP contribution < -0.4 is 16.6 Å². The first-order valence-electron chi connectivity index (χ1n) is 8.03. The molecule has 10 heteroatoms. The molecule has 3 heterocycles. The van der Waals surface area contributed by atoms with E-state index >= 15 is 0 Å². The highest BCUT2D eigenvalue weighted by molar-refractivity contribution is 7.99. The molecule has 2 aromatic heterocycles. The third-order valence-electron chi connectivity index (χ3n) is 4.31. The second-order valence-electron chi connectivity index (χ2n) is 6.06. The summed E-state index contributed by atoms with van der Waals surface area (Å²) in [6, 6.07) is 0. The summed E-state index contributed by atoms with van der Waals surface area (Å²) in [5.41, 5.74) is -0.195. The molecule has 1 N–H and O–H groups in total. The van der Waals surface area contributed by atoms with Crippen molar-refractivity contribution in [2.45, 2.75) is 24.1 Å². The number of carbonyl (C=O) groups excluding carboxylic acids is 1. The Morgan fingerprint density at radius 1 is 1.28 bits per heavy atom. The maximum Gasteiger partial charge on any atom is 0.332 e. The van der Waals surface area contributed by atoms with E-state index in [1.54, 1.807) is 18.7 Å². The van der Waals surface area contributed by atoms with Crippen molar-refractivity contribution in [1.82, 2.24) is 24.0 Å². The molecular formula is C15H21N5O4S. The van der Waals surface area contributed by atoms with Crippen LogP contribution in [0.25, 0.3) is 11.2 Å². The summed E-state index contributed by atoms with van der Waals surface area (Å²) in [4.78, 5) is 40.6. The maximum absolute atomic E-state index is 12.2. The van der Waals surface area contributed by atoms with Gasteiger partial charge in [-0.05, 0) is 12.8 Å². The number of fused-ring (bicyclic) bond motifs is 1. The predicted octanol–water partition coefficient (Wildman–Crippen LogP) is -0.642. The van der Waals surface area contributed by atoms with E-state index in [0.29, 0.717) is 17.3 Å². The quantitative estimate of drug-likeness (QED) is 0.706. The van der Waals surface area contributed by atoms with Crippen LogP contribution in [0, 0.1) is 0 Å². The molecule has 3 rings (SSSR count). The van der Waals surface area contributed by atoms with Crippen molar-refractivity contribution in [1.29, 1.82) is 0 Å². The van der Waals surface area contributed by atoms with Gasteiger partial charge in [0, 0.05) is 34.3 Å². The smallest absolute Gasteiger partial charge is 0.332 e. The Bertz CT molecular complexity index is 923. The summed E-state index contributed by atoms with van der Waals surface area (Å²) in [7, 11) is 4.74. The van der Waals surface area contributed by atoms with Gasteiger partial charge in [-0.3, -0.25) is 18.7 Å². The number of nitrogens with one attached hydrogen (secondary N) is 1. The molecule has 1 aliphatic rings. The molecule has 0 aliphatic carbocycles. The SMILES string of the molecule is Cn1c(=O)c2nc(SCC(=O)NCC3CCCO3)n(C)c2n(C)c1=O. The third kappa shape index (κ3) is 3.36. The average molecular weight is 367 g/mol.